The van der Waals surface area contributed by atoms with E-state index >= 15 is 0 Å². The van der Waals surface area contributed by atoms with Crippen molar-refractivity contribution >= 4 is 17.7 Å². The summed E-state index contributed by atoms with van der Waals surface area (Å²) >= 11 is 0. The Balaban J connectivity index is 1.94. The molecule has 0 heterocycles. The molecule has 8 heteroatoms. The molecule has 0 fully saturated rings. The number of hydrogen-bond donors (Lipinski definition) is 3. The van der Waals surface area contributed by atoms with E-state index in [-0.39, 0.29) is 43.7 Å². The third kappa shape index (κ3) is 10.9. The van der Waals surface area contributed by atoms with Crippen molar-refractivity contribution in [3.8, 4) is 11.1 Å². The first-order valence-corrected chi connectivity index (χ1v) is 16.9. The molecule has 48 heavy (non-hydrogen) atoms. The van der Waals surface area contributed by atoms with Crippen molar-refractivity contribution in [2.45, 2.75) is 77.4 Å². The largest absolute Gasteiger partial charge is 0.396 e. The number of rotatable bonds is 17. The summed E-state index contributed by atoms with van der Waals surface area (Å²) < 4.78 is 0. The molecule has 0 saturated carbocycles. The van der Waals surface area contributed by atoms with E-state index in [1.165, 1.54) is 15.9 Å². The molecule has 0 bridgehead atoms. The highest BCUT2D eigenvalue weighted by molar-refractivity contribution is 5.95. The number of carbonyl (C=O) groups is 3. The summed E-state index contributed by atoms with van der Waals surface area (Å²) in [6.07, 6.45) is 5.94. The fourth-order valence-corrected chi connectivity index (χ4v) is 5.41. The molecule has 3 aromatic rings. The zero-order valence-corrected chi connectivity index (χ0v) is 29.5. The van der Waals surface area contributed by atoms with Crippen molar-refractivity contribution in [1.82, 2.24) is 15.1 Å². The summed E-state index contributed by atoms with van der Waals surface area (Å²) in [6.45, 7) is 7.93. The quantitative estimate of drug-likeness (QED) is 0.169. The number of benzene rings is 3. The first-order valence-electron chi connectivity index (χ1n) is 16.9. The van der Waals surface area contributed by atoms with Crippen molar-refractivity contribution in [3.05, 3.63) is 108 Å². The molecule has 0 aliphatic heterocycles. The lowest BCUT2D eigenvalue weighted by atomic mass is 9.90. The van der Waals surface area contributed by atoms with Crippen LogP contribution in [0, 0.1) is 5.41 Å². The van der Waals surface area contributed by atoms with Gasteiger partial charge in [0.25, 0.3) is 0 Å². The molecule has 0 radical (unpaired) electrons. The molecule has 0 aromatic heterocycles. The van der Waals surface area contributed by atoms with Gasteiger partial charge in [-0.05, 0) is 47.6 Å². The molecular weight excluding hydrogens is 600 g/mol. The highest BCUT2D eigenvalue weighted by Gasteiger charge is 2.35. The molecule has 3 aromatic carbocycles. The number of nitrogens with zero attached hydrogens (tertiary/aromatic N) is 2. The molecule has 4 N–H and O–H groups in total. The minimum absolute atomic E-state index is 0.0985. The van der Waals surface area contributed by atoms with Crippen molar-refractivity contribution in [2.75, 3.05) is 27.2 Å². The van der Waals surface area contributed by atoms with E-state index in [4.69, 9.17) is 5.73 Å². The van der Waals surface area contributed by atoms with Gasteiger partial charge in [0.1, 0.15) is 12.1 Å². The van der Waals surface area contributed by atoms with Gasteiger partial charge < -0.3 is 26.0 Å². The summed E-state index contributed by atoms with van der Waals surface area (Å²) in [7, 11) is 3.25. The highest BCUT2D eigenvalue weighted by atomic mass is 16.3. The lowest BCUT2D eigenvalue weighted by Gasteiger charge is -2.35. The van der Waals surface area contributed by atoms with Crippen LogP contribution < -0.4 is 11.1 Å². The van der Waals surface area contributed by atoms with Crippen LogP contribution in [0.3, 0.4) is 0 Å². The third-order valence-electron chi connectivity index (χ3n) is 9.34. The Labute approximate surface area is 287 Å². The summed E-state index contributed by atoms with van der Waals surface area (Å²) in [5, 5.41) is 12.7. The van der Waals surface area contributed by atoms with Crippen LogP contribution >= 0.6 is 0 Å². The van der Waals surface area contributed by atoms with Gasteiger partial charge in [0, 0.05) is 51.0 Å². The average Bonchev–Trinajstić information content (AvgIpc) is 3.11. The maximum Gasteiger partial charge on any atom is 0.246 e. The summed E-state index contributed by atoms with van der Waals surface area (Å²) in [5.74, 6) is -0.986. The number of nitrogens with one attached hydrogen (secondary N) is 1. The van der Waals surface area contributed by atoms with Crippen molar-refractivity contribution in [2.24, 2.45) is 11.1 Å². The zero-order chi connectivity index (χ0) is 35.3. The van der Waals surface area contributed by atoms with Crippen LogP contribution in [0.2, 0.25) is 0 Å². The van der Waals surface area contributed by atoms with Gasteiger partial charge in [0.2, 0.25) is 17.7 Å². The number of likely N-dealkylation sites (N-methyl/N-ethyl adjacent to an activating group) is 2. The van der Waals surface area contributed by atoms with Gasteiger partial charge in [-0.25, -0.2) is 0 Å². The average molecular weight is 655 g/mol. The SMILES string of the molecule is CCC(N)(CC)C/C=C/C(=O)N(C)[C@H](Cc1ccc(-c2ccccc2)cc1)C(=O)N(C)[C@H](Cc1ccccc1)C(=O)NCC(C)(C)CO. The summed E-state index contributed by atoms with van der Waals surface area (Å²) in [6, 6.07) is 25.9. The lowest BCUT2D eigenvalue weighted by Crippen LogP contribution is -2.56. The first-order chi connectivity index (χ1) is 22.8. The second-order valence-electron chi connectivity index (χ2n) is 13.6. The second kappa shape index (κ2) is 17.8. The van der Waals surface area contributed by atoms with Crippen LogP contribution in [0.5, 0.6) is 0 Å². The van der Waals surface area contributed by atoms with E-state index in [0.717, 1.165) is 35.1 Å². The smallest absolute Gasteiger partial charge is 0.246 e. The van der Waals surface area contributed by atoms with E-state index < -0.39 is 23.0 Å². The molecule has 0 unspecified atom stereocenters. The fourth-order valence-electron chi connectivity index (χ4n) is 5.41. The van der Waals surface area contributed by atoms with Gasteiger partial charge >= 0.3 is 0 Å². The number of carbonyl (C=O) groups excluding carboxylic acids is 3. The van der Waals surface area contributed by atoms with Crippen molar-refractivity contribution in [3.63, 3.8) is 0 Å². The first kappa shape index (κ1) is 38.2. The minimum atomic E-state index is -0.880. The van der Waals surface area contributed by atoms with Crippen molar-refractivity contribution < 1.29 is 19.5 Å². The normalized spacial score (nSPS) is 13.2. The maximum absolute atomic E-state index is 14.5. The van der Waals surface area contributed by atoms with E-state index in [2.05, 4.69) is 5.32 Å². The van der Waals surface area contributed by atoms with E-state index in [1.807, 2.05) is 113 Å². The standard InChI is InChI=1S/C40H54N4O4/c1-7-40(41,8-2)25-15-20-36(46)43(5)35(27-31-21-23-33(24-22-31)32-18-13-10-14-19-32)38(48)44(6)34(26-30-16-11-9-12-17-30)37(47)42-28-39(3,4)29-45/h9-24,34-35,45H,7-8,25-29,41H2,1-6H3,(H,42,47)/b20-15+/t34-,35-/m1/s1. The molecule has 0 spiro atoms. The van der Waals surface area contributed by atoms with E-state index in [0.29, 0.717) is 6.42 Å². The molecule has 3 rings (SSSR count). The fraction of sp³-hybridized carbons (Fsp3) is 0.425. The lowest BCUT2D eigenvalue weighted by molar-refractivity contribution is -0.146. The Kier molecular flexibility index (Phi) is 14.1. The predicted molar refractivity (Wildman–Crippen MR) is 194 cm³/mol. The van der Waals surface area contributed by atoms with E-state index in [1.54, 1.807) is 20.2 Å². The maximum atomic E-state index is 14.5. The van der Waals surface area contributed by atoms with Gasteiger partial charge in [-0.15, -0.1) is 0 Å². The topological polar surface area (TPSA) is 116 Å². The van der Waals surface area contributed by atoms with Crippen LogP contribution in [-0.4, -0.2) is 77.5 Å². The summed E-state index contributed by atoms with van der Waals surface area (Å²) in [4.78, 5) is 44.7. The molecule has 0 saturated heterocycles. The van der Waals surface area contributed by atoms with Crippen LogP contribution in [0.15, 0.2) is 97.1 Å². The van der Waals surface area contributed by atoms with Crippen LogP contribution in [0.4, 0.5) is 0 Å². The van der Waals surface area contributed by atoms with Gasteiger partial charge in [-0.2, -0.15) is 0 Å². The highest BCUT2D eigenvalue weighted by Crippen LogP contribution is 2.22. The minimum Gasteiger partial charge on any atom is -0.396 e. The molecule has 258 valence electrons. The van der Waals surface area contributed by atoms with Gasteiger partial charge in [0.05, 0.1) is 0 Å². The Morgan fingerprint density at radius 3 is 1.88 bits per heavy atom. The molecule has 2 atom stereocenters. The Morgan fingerprint density at radius 1 is 0.792 bits per heavy atom. The van der Waals surface area contributed by atoms with E-state index in [9.17, 15) is 19.5 Å². The Hall–Kier alpha value is -4.27. The molecule has 0 aliphatic rings. The Bertz CT molecular complexity index is 1480. The number of aliphatic hydroxyl groups excluding tert-OH is 1. The third-order valence-corrected chi connectivity index (χ3v) is 9.34. The van der Waals surface area contributed by atoms with Gasteiger partial charge in [-0.1, -0.05) is 119 Å². The molecule has 8 nitrogen and oxygen atoms in total. The van der Waals surface area contributed by atoms with Gasteiger partial charge in [-0.3, -0.25) is 14.4 Å². The summed E-state index contributed by atoms with van der Waals surface area (Å²) in [5.41, 5.74) is 9.46. The van der Waals surface area contributed by atoms with Crippen LogP contribution in [-0.2, 0) is 27.2 Å². The number of hydrogen-bond acceptors (Lipinski definition) is 5. The number of amides is 3. The molecule has 3 amide bonds. The van der Waals surface area contributed by atoms with Crippen molar-refractivity contribution in [1.29, 1.82) is 0 Å². The number of nitrogens with two attached hydrogens (primary N) is 1. The van der Waals surface area contributed by atoms with Gasteiger partial charge in [0.15, 0.2) is 0 Å². The number of aliphatic hydroxyl groups is 1. The zero-order valence-electron chi connectivity index (χ0n) is 29.5. The monoisotopic (exact) mass is 654 g/mol. The van der Waals surface area contributed by atoms with Crippen LogP contribution in [0.1, 0.15) is 58.1 Å². The molecular formula is C40H54N4O4. The van der Waals surface area contributed by atoms with Crippen LogP contribution in [0.25, 0.3) is 11.1 Å². The Morgan fingerprint density at radius 2 is 1.31 bits per heavy atom. The molecule has 0 aliphatic carbocycles. The predicted octanol–water partition coefficient (Wildman–Crippen LogP) is 5.39. The second-order valence-corrected chi connectivity index (χ2v) is 13.6.